The summed E-state index contributed by atoms with van der Waals surface area (Å²) in [7, 11) is 1.76. The van der Waals surface area contributed by atoms with Crippen LogP contribution in [-0.2, 0) is 6.42 Å². The Hall–Kier alpha value is -0.670. The monoisotopic (exact) mass is 251 g/mol. The molecule has 1 N–H and O–H groups in total. The van der Waals surface area contributed by atoms with Crippen molar-refractivity contribution in [3.05, 3.63) is 23.8 Å². The second kappa shape index (κ2) is 6.31. The van der Waals surface area contributed by atoms with E-state index in [0.717, 1.165) is 18.7 Å². The second-order valence-corrected chi connectivity index (χ2v) is 5.41. The maximum atomic E-state index is 5.45. The predicted octanol–water partition coefficient (Wildman–Crippen LogP) is 3.10. The van der Waals surface area contributed by atoms with Crippen LogP contribution in [0.2, 0.25) is 0 Å². The first-order valence-electron chi connectivity index (χ1n) is 6.28. The third-order valence-electron chi connectivity index (χ3n) is 3.37. The van der Waals surface area contributed by atoms with Gasteiger partial charge in [-0.05, 0) is 55.8 Å². The Morgan fingerprint density at radius 1 is 1.41 bits per heavy atom. The van der Waals surface area contributed by atoms with Crippen LogP contribution in [0.3, 0.4) is 0 Å². The lowest BCUT2D eigenvalue weighted by atomic mass is 9.97. The predicted molar refractivity (Wildman–Crippen MR) is 74.1 cm³/mol. The first kappa shape index (κ1) is 12.8. The minimum absolute atomic E-state index is 0.620. The molecule has 1 aromatic carbocycles. The van der Waals surface area contributed by atoms with Gasteiger partial charge < -0.3 is 10.1 Å². The van der Waals surface area contributed by atoms with Gasteiger partial charge in [0.1, 0.15) is 5.75 Å². The fourth-order valence-electron chi connectivity index (χ4n) is 2.41. The molecule has 0 radical (unpaired) electrons. The zero-order chi connectivity index (χ0) is 12.1. The molecule has 1 aliphatic rings. The third kappa shape index (κ3) is 3.39. The van der Waals surface area contributed by atoms with Crippen LogP contribution in [-0.4, -0.2) is 26.0 Å². The van der Waals surface area contributed by atoms with Crippen molar-refractivity contribution in [1.82, 2.24) is 5.32 Å². The summed E-state index contributed by atoms with van der Waals surface area (Å²) in [6.45, 7) is 1.16. The number of hydrogen-bond acceptors (Lipinski definition) is 3. The van der Waals surface area contributed by atoms with Crippen molar-refractivity contribution in [2.75, 3.05) is 19.9 Å². The Balaban J connectivity index is 2.11. The molecule has 3 heteroatoms. The molecule has 0 bridgehead atoms. The van der Waals surface area contributed by atoms with E-state index in [-0.39, 0.29) is 0 Å². The Bertz CT molecular complexity index is 361. The molecule has 0 aliphatic carbocycles. The van der Waals surface area contributed by atoms with E-state index >= 15 is 0 Å². The molecule has 1 aliphatic heterocycles. The topological polar surface area (TPSA) is 21.3 Å². The highest BCUT2D eigenvalue weighted by atomic mass is 32.2. The van der Waals surface area contributed by atoms with E-state index in [1.165, 1.54) is 29.7 Å². The minimum Gasteiger partial charge on any atom is -0.496 e. The summed E-state index contributed by atoms with van der Waals surface area (Å²) in [6, 6.07) is 7.10. The van der Waals surface area contributed by atoms with Crippen LogP contribution < -0.4 is 10.1 Å². The number of rotatable bonds is 4. The largest absolute Gasteiger partial charge is 0.496 e. The summed E-state index contributed by atoms with van der Waals surface area (Å²) in [5.41, 5.74) is 1.33. The smallest absolute Gasteiger partial charge is 0.122 e. The lowest BCUT2D eigenvalue weighted by Gasteiger charge is -2.24. The van der Waals surface area contributed by atoms with Crippen molar-refractivity contribution in [2.45, 2.75) is 36.6 Å². The first-order chi connectivity index (χ1) is 8.33. The lowest BCUT2D eigenvalue weighted by molar-refractivity contribution is 0.381. The number of benzene rings is 1. The van der Waals surface area contributed by atoms with Gasteiger partial charge in [-0.3, -0.25) is 0 Å². The molecule has 2 nitrogen and oxygen atoms in total. The molecule has 1 atom stereocenters. The number of ether oxygens (including phenoxy) is 1. The zero-order valence-electron chi connectivity index (χ0n) is 10.7. The molecule has 94 valence electrons. The molecule has 17 heavy (non-hydrogen) atoms. The fourth-order valence-corrected chi connectivity index (χ4v) is 2.87. The van der Waals surface area contributed by atoms with Crippen LogP contribution in [0.15, 0.2) is 23.1 Å². The van der Waals surface area contributed by atoms with E-state index < -0.39 is 0 Å². The summed E-state index contributed by atoms with van der Waals surface area (Å²) in [4.78, 5) is 1.32. The minimum atomic E-state index is 0.620. The molecule has 1 aromatic rings. The quantitative estimate of drug-likeness (QED) is 0.831. The van der Waals surface area contributed by atoms with Crippen molar-refractivity contribution >= 4 is 11.8 Å². The van der Waals surface area contributed by atoms with E-state index in [2.05, 4.69) is 29.8 Å². The van der Waals surface area contributed by atoms with Gasteiger partial charge >= 0.3 is 0 Å². The molecule has 0 amide bonds. The molecule has 0 saturated carbocycles. The molecule has 0 spiro atoms. The standard InChI is InChI=1S/C14H21NOS/c1-16-14-7-6-13(17-2)10-11(14)9-12-5-3-4-8-15-12/h6-7,10,12,15H,3-5,8-9H2,1-2H3. The Morgan fingerprint density at radius 3 is 2.94 bits per heavy atom. The van der Waals surface area contributed by atoms with Gasteiger partial charge in [0.05, 0.1) is 7.11 Å². The molecular formula is C14H21NOS. The van der Waals surface area contributed by atoms with Crippen LogP contribution in [0.4, 0.5) is 0 Å². The number of piperidine rings is 1. The van der Waals surface area contributed by atoms with E-state index in [1.807, 2.05) is 0 Å². The van der Waals surface area contributed by atoms with Crippen molar-refractivity contribution in [3.63, 3.8) is 0 Å². The van der Waals surface area contributed by atoms with Crippen molar-refractivity contribution in [3.8, 4) is 5.75 Å². The Labute approximate surface area is 108 Å². The van der Waals surface area contributed by atoms with Crippen LogP contribution in [0.5, 0.6) is 5.75 Å². The van der Waals surface area contributed by atoms with Gasteiger partial charge in [0, 0.05) is 10.9 Å². The number of methoxy groups -OCH3 is 1. The molecule has 1 unspecified atom stereocenters. The van der Waals surface area contributed by atoms with Gasteiger partial charge in [-0.1, -0.05) is 6.42 Å². The Kier molecular flexibility index (Phi) is 4.75. The van der Waals surface area contributed by atoms with Crippen LogP contribution in [0.25, 0.3) is 0 Å². The van der Waals surface area contributed by atoms with Gasteiger partial charge in [0.15, 0.2) is 0 Å². The van der Waals surface area contributed by atoms with Crippen molar-refractivity contribution in [1.29, 1.82) is 0 Å². The van der Waals surface area contributed by atoms with Gasteiger partial charge in [-0.25, -0.2) is 0 Å². The highest BCUT2D eigenvalue weighted by Crippen LogP contribution is 2.26. The van der Waals surface area contributed by atoms with E-state index in [4.69, 9.17) is 4.74 Å². The number of nitrogens with one attached hydrogen (secondary N) is 1. The molecule has 1 saturated heterocycles. The second-order valence-electron chi connectivity index (χ2n) is 4.53. The van der Waals surface area contributed by atoms with Gasteiger partial charge in [0.2, 0.25) is 0 Å². The Morgan fingerprint density at radius 2 is 2.29 bits per heavy atom. The summed E-state index contributed by atoms with van der Waals surface area (Å²) < 4.78 is 5.45. The van der Waals surface area contributed by atoms with Crippen LogP contribution >= 0.6 is 11.8 Å². The molecule has 2 rings (SSSR count). The lowest BCUT2D eigenvalue weighted by Crippen LogP contribution is -2.35. The maximum Gasteiger partial charge on any atom is 0.122 e. The van der Waals surface area contributed by atoms with E-state index in [0.29, 0.717) is 6.04 Å². The van der Waals surface area contributed by atoms with E-state index in [9.17, 15) is 0 Å². The first-order valence-corrected chi connectivity index (χ1v) is 7.50. The number of hydrogen-bond donors (Lipinski definition) is 1. The van der Waals surface area contributed by atoms with Crippen molar-refractivity contribution < 1.29 is 4.74 Å². The average Bonchev–Trinajstić information content (AvgIpc) is 2.40. The molecule has 1 heterocycles. The van der Waals surface area contributed by atoms with Gasteiger partial charge in [-0.2, -0.15) is 0 Å². The summed E-state index contributed by atoms with van der Waals surface area (Å²) >= 11 is 1.79. The molecule has 1 fully saturated rings. The SMILES string of the molecule is COc1ccc(SC)cc1CC1CCCCN1. The molecule has 0 aromatic heterocycles. The fraction of sp³-hybridized carbons (Fsp3) is 0.571. The van der Waals surface area contributed by atoms with E-state index in [1.54, 1.807) is 18.9 Å². The van der Waals surface area contributed by atoms with Gasteiger partial charge in [0.25, 0.3) is 0 Å². The van der Waals surface area contributed by atoms with Crippen LogP contribution in [0, 0.1) is 0 Å². The molecular weight excluding hydrogens is 230 g/mol. The maximum absolute atomic E-state index is 5.45. The highest BCUT2D eigenvalue weighted by Gasteiger charge is 2.15. The normalized spacial score (nSPS) is 20.2. The summed E-state index contributed by atoms with van der Waals surface area (Å²) in [6.07, 6.45) is 7.15. The van der Waals surface area contributed by atoms with Crippen LogP contribution in [0.1, 0.15) is 24.8 Å². The number of thioether (sulfide) groups is 1. The summed E-state index contributed by atoms with van der Waals surface area (Å²) in [5.74, 6) is 1.02. The third-order valence-corrected chi connectivity index (χ3v) is 4.09. The average molecular weight is 251 g/mol. The van der Waals surface area contributed by atoms with Gasteiger partial charge in [-0.15, -0.1) is 11.8 Å². The summed E-state index contributed by atoms with van der Waals surface area (Å²) in [5, 5.41) is 3.59. The highest BCUT2D eigenvalue weighted by molar-refractivity contribution is 7.98. The van der Waals surface area contributed by atoms with Crippen molar-refractivity contribution in [2.24, 2.45) is 0 Å². The zero-order valence-corrected chi connectivity index (χ0v) is 11.5.